The second-order valence-corrected chi connectivity index (χ2v) is 6.19. The summed E-state index contributed by atoms with van der Waals surface area (Å²) in [5, 5.41) is 13.9. The molecule has 0 fully saturated rings. The van der Waals surface area contributed by atoms with Gasteiger partial charge in [0.05, 0.1) is 6.42 Å². The summed E-state index contributed by atoms with van der Waals surface area (Å²) in [4.78, 5) is 20.0. The Kier molecular flexibility index (Phi) is 16.6. The van der Waals surface area contributed by atoms with Crippen molar-refractivity contribution in [1.82, 2.24) is 0 Å². The first-order chi connectivity index (χ1) is 9.06. The van der Waals surface area contributed by atoms with Crippen LogP contribution in [0, 0.1) is 5.92 Å². The molecule has 0 saturated carbocycles. The zero-order chi connectivity index (χ0) is 16.3. The Balaban J connectivity index is -0.000000317. The van der Waals surface area contributed by atoms with Gasteiger partial charge >= 0.3 is 41.5 Å². The molecule has 0 heterocycles. The van der Waals surface area contributed by atoms with Gasteiger partial charge in [0.15, 0.2) is 5.25 Å². The van der Waals surface area contributed by atoms with Crippen molar-refractivity contribution in [3.05, 3.63) is 0 Å². The predicted molar refractivity (Wildman–Crippen MR) is 81.4 cm³/mol. The minimum atomic E-state index is -4.84. The Morgan fingerprint density at radius 2 is 1.62 bits per heavy atom. The SMILES string of the molecule is CCCCC(C)CC.O=C(O)CC(C(=O)O)S(=O)(=O)O.[NaH]. The van der Waals surface area contributed by atoms with Crippen LogP contribution < -0.4 is 0 Å². The maximum absolute atomic E-state index is 10.2. The van der Waals surface area contributed by atoms with E-state index in [1.165, 1.54) is 25.7 Å². The number of unbranched alkanes of at least 4 members (excludes halogenated alkanes) is 1. The fraction of sp³-hybridized carbons (Fsp3) is 0.833. The van der Waals surface area contributed by atoms with Crippen LogP contribution in [0.15, 0.2) is 0 Å². The van der Waals surface area contributed by atoms with Crippen molar-refractivity contribution in [2.45, 2.75) is 58.1 Å². The van der Waals surface area contributed by atoms with E-state index in [9.17, 15) is 18.0 Å². The number of hydrogen-bond acceptors (Lipinski definition) is 4. The second kappa shape index (κ2) is 13.5. The van der Waals surface area contributed by atoms with Gasteiger partial charge in [0.25, 0.3) is 10.1 Å². The molecule has 0 aliphatic heterocycles. The molecule has 9 heteroatoms. The van der Waals surface area contributed by atoms with Crippen molar-refractivity contribution in [2.75, 3.05) is 0 Å². The molecule has 2 atom stereocenters. The molecule has 0 amide bonds. The van der Waals surface area contributed by atoms with Crippen molar-refractivity contribution in [3.63, 3.8) is 0 Å². The van der Waals surface area contributed by atoms with E-state index >= 15 is 0 Å². The molecule has 0 aromatic heterocycles. The van der Waals surface area contributed by atoms with Gasteiger partial charge in [0, 0.05) is 0 Å². The van der Waals surface area contributed by atoms with Crippen LogP contribution in [0.3, 0.4) is 0 Å². The van der Waals surface area contributed by atoms with Crippen LogP contribution in [-0.2, 0) is 19.7 Å². The summed E-state index contributed by atoms with van der Waals surface area (Å²) in [5.41, 5.74) is 0. The summed E-state index contributed by atoms with van der Waals surface area (Å²) in [6.07, 6.45) is 4.38. The van der Waals surface area contributed by atoms with Gasteiger partial charge < -0.3 is 10.2 Å². The summed E-state index contributed by atoms with van der Waals surface area (Å²) in [5.74, 6) is -2.55. The van der Waals surface area contributed by atoms with Gasteiger partial charge in [-0.25, -0.2) is 0 Å². The van der Waals surface area contributed by atoms with Gasteiger partial charge in [-0.2, -0.15) is 8.42 Å². The Morgan fingerprint density at radius 3 is 1.81 bits per heavy atom. The quantitative estimate of drug-likeness (QED) is 0.451. The van der Waals surface area contributed by atoms with E-state index in [0.717, 1.165) is 5.92 Å². The first kappa shape index (κ1) is 25.8. The molecule has 0 rings (SSSR count). The fourth-order valence-corrected chi connectivity index (χ4v) is 1.84. The third-order valence-corrected chi connectivity index (χ3v) is 3.83. The van der Waals surface area contributed by atoms with Crippen LogP contribution in [-0.4, -0.2) is 69.9 Å². The summed E-state index contributed by atoms with van der Waals surface area (Å²) >= 11 is 0. The Bertz CT molecular complexity index is 394. The summed E-state index contributed by atoms with van der Waals surface area (Å²) in [6, 6.07) is 0. The van der Waals surface area contributed by atoms with Crippen LogP contribution in [0.5, 0.6) is 0 Å². The van der Waals surface area contributed by atoms with E-state index in [1.54, 1.807) is 0 Å². The molecule has 0 spiro atoms. The zero-order valence-corrected chi connectivity index (χ0v) is 12.9. The van der Waals surface area contributed by atoms with Crippen molar-refractivity contribution < 1.29 is 32.8 Å². The predicted octanol–water partition coefficient (Wildman–Crippen LogP) is 1.38. The van der Waals surface area contributed by atoms with E-state index in [1.807, 2.05) is 0 Å². The van der Waals surface area contributed by atoms with E-state index in [0.29, 0.717) is 0 Å². The van der Waals surface area contributed by atoms with Crippen LogP contribution in [0.4, 0.5) is 0 Å². The topological polar surface area (TPSA) is 129 Å². The number of carboxylic acids is 2. The van der Waals surface area contributed by atoms with E-state index in [4.69, 9.17) is 14.8 Å². The van der Waals surface area contributed by atoms with Crippen molar-refractivity contribution in [3.8, 4) is 0 Å². The summed E-state index contributed by atoms with van der Waals surface area (Å²) in [7, 11) is -4.84. The molecule has 0 radical (unpaired) electrons. The van der Waals surface area contributed by atoms with Gasteiger partial charge in [-0.1, -0.05) is 46.5 Å². The van der Waals surface area contributed by atoms with Crippen LogP contribution in [0.25, 0.3) is 0 Å². The number of aliphatic carboxylic acids is 2. The molecule has 7 nitrogen and oxygen atoms in total. The molecule has 0 aliphatic carbocycles. The summed E-state index contributed by atoms with van der Waals surface area (Å²) < 4.78 is 28.7. The first-order valence-electron chi connectivity index (χ1n) is 6.47. The van der Waals surface area contributed by atoms with E-state index < -0.39 is 33.7 Å². The molecule has 3 N–H and O–H groups in total. The molecule has 21 heavy (non-hydrogen) atoms. The third kappa shape index (κ3) is 16.1. The van der Waals surface area contributed by atoms with Gasteiger partial charge in [-0.05, 0) is 5.92 Å². The van der Waals surface area contributed by atoms with Gasteiger partial charge in [-0.15, -0.1) is 0 Å². The summed E-state index contributed by atoms with van der Waals surface area (Å²) in [6.45, 7) is 6.85. The number of rotatable bonds is 8. The van der Waals surface area contributed by atoms with Crippen LogP contribution >= 0.6 is 0 Å². The Morgan fingerprint density at radius 1 is 1.14 bits per heavy atom. The fourth-order valence-electron chi connectivity index (χ4n) is 1.24. The molecule has 0 saturated heterocycles. The van der Waals surface area contributed by atoms with Crippen molar-refractivity contribution >= 4 is 51.6 Å². The van der Waals surface area contributed by atoms with E-state index in [-0.39, 0.29) is 29.6 Å². The monoisotopic (exact) mass is 336 g/mol. The standard InChI is InChI=1S/C8H18.C4H6O7S.Na.H/c1-4-6-7-8(3)5-2;5-3(6)1-2(4(7)8)12(9,10)11;;/h8H,4-7H2,1-3H3;2H,1H2,(H,5,6)(H,7,8)(H,9,10,11);;. The molecular weight excluding hydrogens is 311 g/mol. The molecule has 0 aromatic rings. The maximum atomic E-state index is 10.2. The molecule has 0 bridgehead atoms. The average Bonchev–Trinajstić information content (AvgIpc) is 2.31. The van der Waals surface area contributed by atoms with Crippen molar-refractivity contribution in [1.29, 1.82) is 0 Å². The minimum absolute atomic E-state index is 0. The van der Waals surface area contributed by atoms with Crippen LogP contribution in [0.2, 0.25) is 0 Å². The first-order valence-corrected chi connectivity index (χ1v) is 7.97. The van der Waals surface area contributed by atoms with E-state index in [2.05, 4.69) is 20.8 Å². The third-order valence-electron chi connectivity index (χ3n) is 2.74. The zero-order valence-electron chi connectivity index (χ0n) is 12.1. The van der Waals surface area contributed by atoms with Gasteiger partial charge in [0.1, 0.15) is 0 Å². The second-order valence-electron chi connectivity index (χ2n) is 4.60. The molecule has 0 aliphatic rings. The number of carbonyl (C=O) groups is 2. The van der Waals surface area contributed by atoms with Gasteiger partial charge in [0.2, 0.25) is 0 Å². The Hall–Kier alpha value is -0.150. The van der Waals surface area contributed by atoms with Crippen molar-refractivity contribution in [2.24, 2.45) is 5.92 Å². The molecule has 2 unspecified atom stereocenters. The average molecular weight is 336 g/mol. The van der Waals surface area contributed by atoms with Crippen LogP contribution in [0.1, 0.15) is 52.9 Å². The number of hydrogen-bond donors (Lipinski definition) is 3. The van der Waals surface area contributed by atoms with Gasteiger partial charge in [-0.3, -0.25) is 14.1 Å². The number of carboxylic acid groups (broad SMARTS) is 2. The normalized spacial score (nSPS) is 13.1. The molecular formula is C12H25NaO7S. The molecule has 0 aromatic carbocycles. The Labute approximate surface area is 148 Å². The molecule has 122 valence electrons.